The Labute approximate surface area is 98.5 Å². The Morgan fingerprint density at radius 2 is 2.41 bits per heavy atom. The van der Waals surface area contributed by atoms with Crippen molar-refractivity contribution in [3.8, 4) is 6.07 Å². The third kappa shape index (κ3) is 2.59. The second kappa shape index (κ2) is 4.91. The minimum atomic E-state index is -0.680. The van der Waals surface area contributed by atoms with E-state index in [0.717, 1.165) is 25.3 Å². The molecule has 0 aromatic carbocycles. The summed E-state index contributed by atoms with van der Waals surface area (Å²) in [6.45, 7) is 0. The number of carbonyl (C=O) groups is 1. The number of nitrogens with one attached hydrogen (secondary N) is 1. The van der Waals surface area contributed by atoms with Crippen LogP contribution in [0.25, 0.3) is 0 Å². The van der Waals surface area contributed by atoms with Crippen molar-refractivity contribution in [2.24, 2.45) is 5.92 Å². The van der Waals surface area contributed by atoms with Crippen molar-refractivity contribution in [3.63, 3.8) is 0 Å². The molecule has 0 spiro atoms. The quantitative estimate of drug-likeness (QED) is 0.790. The summed E-state index contributed by atoms with van der Waals surface area (Å²) in [4.78, 5) is 15.2. The predicted octanol–water partition coefficient (Wildman–Crippen LogP) is 1.64. The molecule has 1 saturated carbocycles. The first-order valence-electron chi connectivity index (χ1n) is 5.53. The van der Waals surface area contributed by atoms with Gasteiger partial charge < -0.3 is 5.32 Å². The Balaban J connectivity index is 2.05. The summed E-state index contributed by atoms with van der Waals surface area (Å²) < 4.78 is 12.8. The van der Waals surface area contributed by atoms with Gasteiger partial charge in [-0.1, -0.05) is 0 Å². The Kier molecular flexibility index (Phi) is 3.33. The van der Waals surface area contributed by atoms with Gasteiger partial charge >= 0.3 is 0 Å². The van der Waals surface area contributed by atoms with E-state index >= 15 is 0 Å². The molecule has 1 aromatic heterocycles. The van der Waals surface area contributed by atoms with Crippen molar-refractivity contribution >= 4 is 5.91 Å². The number of halogens is 1. The molecule has 2 unspecified atom stereocenters. The van der Waals surface area contributed by atoms with Gasteiger partial charge in [0.05, 0.1) is 12.0 Å². The topological polar surface area (TPSA) is 65.8 Å². The number of hydrogen-bond donors (Lipinski definition) is 1. The molecule has 1 heterocycles. The maximum absolute atomic E-state index is 12.8. The molecule has 2 rings (SSSR count). The monoisotopic (exact) mass is 233 g/mol. The highest BCUT2D eigenvalue weighted by Gasteiger charge is 2.28. The lowest BCUT2D eigenvalue weighted by molar-refractivity contribution is 0.0932. The van der Waals surface area contributed by atoms with Crippen LogP contribution in [-0.4, -0.2) is 16.9 Å². The van der Waals surface area contributed by atoms with Crippen LogP contribution in [0.4, 0.5) is 4.39 Å². The Morgan fingerprint density at radius 1 is 1.59 bits per heavy atom. The highest BCUT2D eigenvalue weighted by Crippen LogP contribution is 2.25. The zero-order chi connectivity index (χ0) is 12.3. The van der Waals surface area contributed by atoms with Crippen LogP contribution < -0.4 is 5.32 Å². The fourth-order valence-corrected chi connectivity index (χ4v) is 2.08. The van der Waals surface area contributed by atoms with Crippen molar-refractivity contribution in [1.29, 1.82) is 5.26 Å². The maximum atomic E-state index is 12.8. The van der Waals surface area contributed by atoms with E-state index in [2.05, 4.69) is 16.4 Å². The standard InChI is InChI=1S/C12H12FN3O/c13-11-6-8(4-5-15-11)12(17)16-10-3-1-2-9(10)7-14/h4-6,9-10H,1-3H2,(H,16,17). The summed E-state index contributed by atoms with van der Waals surface area (Å²) in [5.41, 5.74) is 0.237. The van der Waals surface area contributed by atoms with E-state index in [0.29, 0.717) is 0 Å². The molecule has 5 heteroatoms. The summed E-state index contributed by atoms with van der Waals surface area (Å²) in [7, 11) is 0. The Bertz CT molecular complexity index is 469. The van der Waals surface area contributed by atoms with Crippen molar-refractivity contribution in [3.05, 3.63) is 29.8 Å². The zero-order valence-electron chi connectivity index (χ0n) is 9.19. The lowest BCUT2D eigenvalue weighted by atomic mass is 10.1. The van der Waals surface area contributed by atoms with Crippen LogP contribution in [0.3, 0.4) is 0 Å². The van der Waals surface area contributed by atoms with E-state index in [9.17, 15) is 9.18 Å². The van der Waals surface area contributed by atoms with Gasteiger partial charge in [0.15, 0.2) is 0 Å². The van der Waals surface area contributed by atoms with Gasteiger partial charge in [-0.25, -0.2) is 4.98 Å². The number of pyridine rings is 1. The number of rotatable bonds is 2. The first-order valence-corrected chi connectivity index (χ1v) is 5.53. The summed E-state index contributed by atoms with van der Waals surface area (Å²) in [6, 6.07) is 4.60. The van der Waals surface area contributed by atoms with Crippen LogP contribution in [0, 0.1) is 23.2 Å². The van der Waals surface area contributed by atoms with Crippen LogP contribution in [0.2, 0.25) is 0 Å². The van der Waals surface area contributed by atoms with Gasteiger partial charge in [0.2, 0.25) is 5.95 Å². The van der Waals surface area contributed by atoms with Crippen LogP contribution in [0.5, 0.6) is 0 Å². The molecule has 1 aromatic rings. The minimum absolute atomic E-state index is 0.122. The molecule has 0 aliphatic heterocycles. The minimum Gasteiger partial charge on any atom is -0.348 e. The molecule has 1 N–H and O–H groups in total. The fraction of sp³-hybridized carbons (Fsp3) is 0.417. The van der Waals surface area contributed by atoms with Gasteiger partial charge in [-0.05, 0) is 25.3 Å². The summed E-state index contributed by atoms with van der Waals surface area (Å²) in [5.74, 6) is -1.16. The molecular formula is C12H12FN3O. The smallest absolute Gasteiger partial charge is 0.251 e. The van der Waals surface area contributed by atoms with Crippen LogP contribution in [-0.2, 0) is 0 Å². The summed E-state index contributed by atoms with van der Waals surface area (Å²) in [5, 5.41) is 11.7. The Hall–Kier alpha value is -1.96. The van der Waals surface area contributed by atoms with Gasteiger partial charge in [-0.15, -0.1) is 0 Å². The summed E-state index contributed by atoms with van der Waals surface area (Å²) >= 11 is 0. The van der Waals surface area contributed by atoms with Gasteiger partial charge in [0, 0.05) is 23.9 Å². The fourth-order valence-electron chi connectivity index (χ4n) is 2.08. The van der Waals surface area contributed by atoms with Crippen molar-refractivity contribution in [1.82, 2.24) is 10.3 Å². The van der Waals surface area contributed by atoms with Crippen LogP contribution >= 0.6 is 0 Å². The Morgan fingerprint density at radius 3 is 3.12 bits per heavy atom. The van der Waals surface area contributed by atoms with E-state index in [1.807, 2.05) is 0 Å². The number of amides is 1. The molecule has 1 aliphatic carbocycles. The highest BCUT2D eigenvalue weighted by atomic mass is 19.1. The van der Waals surface area contributed by atoms with Crippen molar-refractivity contribution in [2.45, 2.75) is 25.3 Å². The number of nitrogens with zero attached hydrogens (tertiary/aromatic N) is 2. The second-order valence-electron chi connectivity index (χ2n) is 4.11. The average Bonchev–Trinajstić information content (AvgIpc) is 2.76. The first kappa shape index (κ1) is 11.5. The molecule has 0 radical (unpaired) electrons. The van der Waals surface area contributed by atoms with Gasteiger partial charge in [0.25, 0.3) is 5.91 Å². The largest absolute Gasteiger partial charge is 0.348 e. The van der Waals surface area contributed by atoms with Gasteiger partial charge in [-0.3, -0.25) is 4.79 Å². The van der Waals surface area contributed by atoms with E-state index < -0.39 is 5.95 Å². The predicted molar refractivity (Wildman–Crippen MR) is 58.4 cm³/mol. The molecule has 17 heavy (non-hydrogen) atoms. The van der Waals surface area contributed by atoms with Crippen LogP contribution in [0.1, 0.15) is 29.6 Å². The number of hydrogen-bond acceptors (Lipinski definition) is 3. The molecular weight excluding hydrogens is 221 g/mol. The van der Waals surface area contributed by atoms with Crippen molar-refractivity contribution in [2.75, 3.05) is 0 Å². The maximum Gasteiger partial charge on any atom is 0.251 e. The average molecular weight is 233 g/mol. The third-order valence-corrected chi connectivity index (χ3v) is 2.99. The lowest BCUT2D eigenvalue weighted by Gasteiger charge is -2.15. The molecule has 88 valence electrons. The van der Waals surface area contributed by atoms with Crippen molar-refractivity contribution < 1.29 is 9.18 Å². The van der Waals surface area contributed by atoms with Crippen LogP contribution in [0.15, 0.2) is 18.3 Å². The van der Waals surface area contributed by atoms with Gasteiger partial charge in [0.1, 0.15) is 0 Å². The molecule has 0 saturated heterocycles. The lowest BCUT2D eigenvalue weighted by Crippen LogP contribution is -2.36. The number of aromatic nitrogens is 1. The normalized spacial score (nSPS) is 23.1. The van der Waals surface area contributed by atoms with E-state index in [-0.39, 0.29) is 23.4 Å². The van der Waals surface area contributed by atoms with E-state index in [1.54, 1.807) is 0 Å². The highest BCUT2D eigenvalue weighted by molar-refractivity contribution is 5.94. The molecule has 1 fully saturated rings. The zero-order valence-corrected chi connectivity index (χ0v) is 9.19. The summed E-state index contributed by atoms with van der Waals surface area (Å²) in [6.07, 6.45) is 3.80. The van der Waals surface area contributed by atoms with E-state index in [4.69, 9.17) is 5.26 Å². The molecule has 1 aliphatic rings. The molecule has 2 atom stereocenters. The molecule has 0 bridgehead atoms. The third-order valence-electron chi connectivity index (χ3n) is 2.99. The molecule has 1 amide bonds. The number of nitriles is 1. The number of carbonyl (C=O) groups excluding carboxylic acids is 1. The SMILES string of the molecule is N#CC1CCCC1NC(=O)c1ccnc(F)c1. The molecule has 4 nitrogen and oxygen atoms in total. The first-order chi connectivity index (χ1) is 8.20. The second-order valence-corrected chi connectivity index (χ2v) is 4.11. The van der Waals surface area contributed by atoms with Gasteiger partial charge in [-0.2, -0.15) is 9.65 Å². The van der Waals surface area contributed by atoms with E-state index in [1.165, 1.54) is 12.3 Å².